The number of carbonyl (C=O) groups is 2. The molecule has 0 radical (unpaired) electrons. The minimum absolute atomic E-state index is 0.138. The van der Waals surface area contributed by atoms with Crippen LogP contribution in [-0.4, -0.2) is 26.0 Å². The zero-order valence-electron chi connectivity index (χ0n) is 12.2. The molecule has 0 saturated heterocycles. The summed E-state index contributed by atoms with van der Waals surface area (Å²) in [6, 6.07) is 8.25. The van der Waals surface area contributed by atoms with Gasteiger partial charge in [-0.3, -0.25) is 9.59 Å². The van der Waals surface area contributed by atoms with Gasteiger partial charge < -0.3 is 24.5 Å². The second kappa shape index (κ2) is 7.16. The SMILES string of the molecule is COc1ccc(NC(=O)C(=O)NCc2ccco2)c(OC)c1. The Kier molecular flexibility index (Phi) is 5.02. The molecule has 0 aliphatic rings. The number of nitrogens with one attached hydrogen (secondary N) is 2. The quantitative estimate of drug-likeness (QED) is 0.818. The zero-order valence-corrected chi connectivity index (χ0v) is 12.2. The Morgan fingerprint density at radius 2 is 1.95 bits per heavy atom. The average Bonchev–Trinajstić information content (AvgIpc) is 3.06. The third-order valence-corrected chi connectivity index (χ3v) is 2.87. The number of furan rings is 1. The lowest BCUT2D eigenvalue weighted by molar-refractivity contribution is -0.136. The maximum atomic E-state index is 11.9. The molecule has 1 heterocycles. The van der Waals surface area contributed by atoms with E-state index in [1.165, 1.54) is 20.5 Å². The highest BCUT2D eigenvalue weighted by Gasteiger charge is 2.16. The summed E-state index contributed by atoms with van der Waals surface area (Å²) in [6.45, 7) is 0.138. The predicted molar refractivity (Wildman–Crippen MR) is 78.7 cm³/mol. The number of hydrogen-bond acceptors (Lipinski definition) is 5. The van der Waals surface area contributed by atoms with Gasteiger partial charge in [-0.05, 0) is 24.3 Å². The van der Waals surface area contributed by atoms with Gasteiger partial charge in [-0.1, -0.05) is 0 Å². The molecule has 0 fully saturated rings. The molecule has 116 valence electrons. The van der Waals surface area contributed by atoms with Gasteiger partial charge in [-0.25, -0.2) is 0 Å². The van der Waals surface area contributed by atoms with Crippen molar-refractivity contribution in [3.8, 4) is 11.5 Å². The van der Waals surface area contributed by atoms with Gasteiger partial charge in [0.25, 0.3) is 0 Å². The second-order valence-corrected chi connectivity index (χ2v) is 4.28. The van der Waals surface area contributed by atoms with E-state index < -0.39 is 11.8 Å². The minimum Gasteiger partial charge on any atom is -0.497 e. The van der Waals surface area contributed by atoms with E-state index in [4.69, 9.17) is 13.9 Å². The molecule has 2 amide bonds. The molecule has 7 heteroatoms. The average molecular weight is 304 g/mol. The van der Waals surface area contributed by atoms with Crippen molar-refractivity contribution in [3.05, 3.63) is 42.4 Å². The van der Waals surface area contributed by atoms with E-state index in [1.807, 2.05) is 0 Å². The third kappa shape index (κ3) is 3.78. The molecule has 0 aliphatic heterocycles. The Balaban J connectivity index is 1.97. The van der Waals surface area contributed by atoms with Gasteiger partial charge in [0.1, 0.15) is 17.3 Å². The van der Waals surface area contributed by atoms with Crippen LogP contribution < -0.4 is 20.1 Å². The van der Waals surface area contributed by atoms with E-state index in [0.717, 1.165) is 0 Å². The van der Waals surface area contributed by atoms with Crippen LogP contribution in [0.25, 0.3) is 0 Å². The van der Waals surface area contributed by atoms with Crippen LogP contribution >= 0.6 is 0 Å². The van der Waals surface area contributed by atoms with Crippen LogP contribution in [0.15, 0.2) is 41.0 Å². The van der Waals surface area contributed by atoms with Gasteiger partial charge in [0, 0.05) is 6.07 Å². The van der Waals surface area contributed by atoms with E-state index in [1.54, 1.807) is 30.3 Å². The van der Waals surface area contributed by atoms with Crippen LogP contribution in [0.2, 0.25) is 0 Å². The van der Waals surface area contributed by atoms with Crippen LogP contribution in [0.1, 0.15) is 5.76 Å². The maximum Gasteiger partial charge on any atom is 0.313 e. The summed E-state index contributed by atoms with van der Waals surface area (Å²) in [5.41, 5.74) is 0.376. The van der Waals surface area contributed by atoms with Crippen molar-refractivity contribution in [3.63, 3.8) is 0 Å². The van der Waals surface area contributed by atoms with E-state index in [-0.39, 0.29) is 6.54 Å². The van der Waals surface area contributed by atoms with Crippen molar-refractivity contribution in [2.24, 2.45) is 0 Å². The van der Waals surface area contributed by atoms with Crippen molar-refractivity contribution >= 4 is 17.5 Å². The second-order valence-electron chi connectivity index (χ2n) is 4.28. The lowest BCUT2D eigenvalue weighted by atomic mass is 10.2. The maximum absolute atomic E-state index is 11.9. The van der Waals surface area contributed by atoms with Crippen LogP contribution in [0, 0.1) is 0 Å². The fourth-order valence-electron chi connectivity index (χ4n) is 1.74. The molecule has 2 rings (SSSR count). The van der Waals surface area contributed by atoms with Crippen LogP contribution in [-0.2, 0) is 16.1 Å². The number of carbonyl (C=O) groups excluding carboxylic acids is 2. The molecular weight excluding hydrogens is 288 g/mol. The molecule has 2 N–H and O–H groups in total. The summed E-state index contributed by atoms with van der Waals surface area (Å²) < 4.78 is 15.3. The number of methoxy groups -OCH3 is 2. The summed E-state index contributed by atoms with van der Waals surface area (Å²) in [5.74, 6) is -0.0314. The number of amides is 2. The molecule has 0 saturated carbocycles. The molecule has 0 unspecified atom stereocenters. The largest absolute Gasteiger partial charge is 0.497 e. The van der Waals surface area contributed by atoms with Crippen LogP contribution in [0.5, 0.6) is 11.5 Å². The predicted octanol–water partition coefficient (Wildman–Crippen LogP) is 1.55. The van der Waals surface area contributed by atoms with Crippen LogP contribution in [0.3, 0.4) is 0 Å². The van der Waals surface area contributed by atoms with Gasteiger partial charge in [0.2, 0.25) is 0 Å². The lowest BCUT2D eigenvalue weighted by Gasteiger charge is -2.11. The van der Waals surface area contributed by atoms with Gasteiger partial charge in [-0.2, -0.15) is 0 Å². The molecule has 0 bridgehead atoms. The van der Waals surface area contributed by atoms with E-state index in [2.05, 4.69) is 10.6 Å². The fraction of sp³-hybridized carbons (Fsp3) is 0.200. The standard InChI is InChI=1S/C15H16N2O5/c1-20-10-5-6-12(13(8-10)21-2)17-15(19)14(18)16-9-11-4-3-7-22-11/h3-8H,9H2,1-2H3,(H,16,18)(H,17,19). The lowest BCUT2D eigenvalue weighted by Crippen LogP contribution is -2.34. The van der Waals surface area contributed by atoms with Gasteiger partial charge >= 0.3 is 11.8 Å². The first kappa shape index (κ1) is 15.4. The van der Waals surface area contributed by atoms with Crippen molar-refractivity contribution in [2.45, 2.75) is 6.54 Å². The number of benzene rings is 1. The Bertz CT molecular complexity index is 652. The topological polar surface area (TPSA) is 89.8 Å². The monoisotopic (exact) mass is 304 g/mol. The van der Waals surface area contributed by atoms with Gasteiger partial charge in [-0.15, -0.1) is 0 Å². The Hall–Kier alpha value is -2.96. The first-order chi connectivity index (χ1) is 10.6. The summed E-state index contributed by atoms with van der Waals surface area (Å²) in [6.07, 6.45) is 1.49. The fourth-order valence-corrected chi connectivity index (χ4v) is 1.74. The van der Waals surface area contributed by atoms with Gasteiger partial charge in [0.15, 0.2) is 0 Å². The highest BCUT2D eigenvalue weighted by atomic mass is 16.5. The molecule has 0 spiro atoms. The Morgan fingerprint density at radius 1 is 1.14 bits per heavy atom. The van der Waals surface area contributed by atoms with Crippen molar-refractivity contribution in [1.29, 1.82) is 0 Å². The van der Waals surface area contributed by atoms with Crippen molar-refractivity contribution in [2.75, 3.05) is 19.5 Å². The number of hydrogen-bond donors (Lipinski definition) is 2. The first-order valence-corrected chi connectivity index (χ1v) is 6.47. The summed E-state index contributed by atoms with van der Waals surface area (Å²) in [4.78, 5) is 23.6. The van der Waals surface area contributed by atoms with Crippen molar-refractivity contribution < 1.29 is 23.5 Å². The molecule has 1 aromatic heterocycles. The highest BCUT2D eigenvalue weighted by molar-refractivity contribution is 6.39. The molecule has 22 heavy (non-hydrogen) atoms. The Morgan fingerprint density at radius 3 is 2.59 bits per heavy atom. The summed E-state index contributed by atoms with van der Waals surface area (Å²) >= 11 is 0. The molecule has 2 aromatic rings. The zero-order chi connectivity index (χ0) is 15.9. The molecule has 7 nitrogen and oxygen atoms in total. The molecule has 0 atom stereocenters. The van der Waals surface area contributed by atoms with Gasteiger partial charge in [0.05, 0.1) is 32.7 Å². The highest BCUT2D eigenvalue weighted by Crippen LogP contribution is 2.28. The molecular formula is C15H16N2O5. The summed E-state index contributed by atoms with van der Waals surface area (Å²) in [7, 11) is 2.98. The van der Waals surface area contributed by atoms with E-state index >= 15 is 0 Å². The Labute approximate surface area is 127 Å². The molecule has 0 aliphatic carbocycles. The van der Waals surface area contributed by atoms with Crippen LogP contribution in [0.4, 0.5) is 5.69 Å². The third-order valence-electron chi connectivity index (χ3n) is 2.87. The normalized spacial score (nSPS) is 9.91. The molecule has 1 aromatic carbocycles. The minimum atomic E-state index is -0.796. The van der Waals surface area contributed by atoms with Crippen molar-refractivity contribution in [1.82, 2.24) is 5.32 Å². The number of ether oxygens (including phenoxy) is 2. The smallest absolute Gasteiger partial charge is 0.313 e. The number of anilines is 1. The van der Waals surface area contributed by atoms with E-state index in [9.17, 15) is 9.59 Å². The number of rotatable bonds is 5. The van der Waals surface area contributed by atoms with E-state index in [0.29, 0.717) is 22.9 Å². The first-order valence-electron chi connectivity index (χ1n) is 6.47. The summed E-state index contributed by atoms with van der Waals surface area (Å²) in [5, 5.41) is 4.94.